The molecule has 21 heavy (non-hydrogen) atoms. The summed E-state index contributed by atoms with van der Waals surface area (Å²) < 4.78 is 14.1. The second-order valence-electron chi connectivity index (χ2n) is 6.74. The van der Waals surface area contributed by atoms with Gasteiger partial charge >= 0.3 is 0 Å². The molecule has 2 atom stereocenters. The van der Waals surface area contributed by atoms with Crippen molar-refractivity contribution >= 4 is 11.6 Å². The van der Waals surface area contributed by atoms with E-state index in [1.165, 1.54) is 6.07 Å². The maximum Gasteiger partial charge on any atom is 0.129 e. The van der Waals surface area contributed by atoms with Crippen molar-refractivity contribution in [3.63, 3.8) is 0 Å². The van der Waals surface area contributed by atoms with Crippen molar-refractivity contribution in [3.05, 3.63) is 34.6 Å². The lowest BCUT2D eigenvalue weighted by atomic mass is 9.93. The quantitative estimate of drug-likeness (QED) is 0.906. The molecule has 0 aromatic heterocycles. The van der Waals surface area contributed by atoms with Gasteiger partial charge in [-0.25, -0.2) is 4.39 Å². The van der Waals surface area contributed by atoms with Gasteiger partial charge in [0.2, 0.25) is 0 Å². The third-order valence-corrected chi connectivity index (χ3v) is 4.69. The Hall–Kier alpha value is -0.640. The fourth-order valence-corrected chi connectivity index (χ4v) is 3.17. The molecular weight excluding hydrogens is 287 g/mol. The van der Waals surface area contributed by atoms with E-state index in [0.717, 1.165) is 18.7 Å². The summed E-state index contributed by atoms with van der Waals surface area (Å²) in [6.45, 7) is 11.5. The Morgan fingerprint density at radius 1 is 1.29 bits per heavy atom. The van der Waals surface area contributed by atoms with Gasteiger partial charge in [0, 0.05) is 42.3 Å². The van der Waals surface area contributed by atoms with Gasteiger partial charge < -0.3 is 5.32 Å². The molecule has 2 nitrogen and oxygen atoms in total. The lowest BCUT2D eigenvalue weighted by Crippen LogP contribution is -2.59. The van der Waals surface area contributed by atoms with Crippen LogP contribution in [0.15, 0.2) is 18.2 Å². The first-order chi connectivity index (χ1) is 9.88. The molecule has 1 aliphatic rings. The summed E-state index contributed by atoms with van der Waals surface area (Å²) in [7, 11) is 0. The normalized spacial score (nSPS) is 24.0. The van der Waals surface area contributed by atoms with E-state index in [-0.39, 0.29) is 5.82 Å². The molecule has 1 aromatic rings. The Balaban J connectivity index is 2.15. The zero-order valence-corrected chi connectivity index (χ0v) is 14.1. The number of nitrogens with zero attached hydrogens (tertiary/aromatic N) is 1. The SMILES string of the molecule is CC(C)C1CN(Cc2ccc(Cl)cc2F)C(C(C)C)CN1. The van der Waals surface area contributed by atoms with Crippen LogP contribution < -0.4 is 5.32 Å². The van der Waals surface area contributed by atoms with Crippen molar-refractivity contribution in [1.82, 2.24) is 10.2 Å². The Kier molecular flexibility index (Phi) is 5.64. The molecule has 1 aliphatic heterocycles. The van der Waals surface area contributed by atoms with Gasteiger partial charge in [0.05, 0.1) is 0 Å². The largest absolute Gasteiger partial charge is 0.311 e. The molecule has 0 saturated carbocycles. The first-order valence-corrected chi connectivity index (χ1v) is 8.17. The molecule has 0 spiro atoms. The van der Waals surface area contributed by atoms with E-state index in [0.29, 0.717) is 35.5 Å². The van der Waals surface area contributed by atoms with Crippen LogP contribution in [0.1, 0.15) is 33.3 Å². The third-order valence-electron chi connectivity index (χ3n) is 4.45. The number of hydrogen-bond donors (Lipinski definition) is 1. The molecule has 1 N–H and O–H groups in total. The van der Waals surface area contributed by atoms with Gasteiger partial charge in [0.1, 0.15) is 5.82 Å². The number of hydrogen-bond acceptors (Lipinski definition) is 2. The zero-order valence-electron chi connectivity index (χ0n) is 13.4. The van der Waals surface area contributed by atoms with E-state index in [1.54, 1.807) is 6.07 Å². The van der Waals surface area contributed by atoms with Gasteiger partial charge in [-0.3, -0.25) is 4.90 Å². The van der Waals surface area contributed by atoms with Gasteiger partial charge in [-0.15, -0.1) is 0 Å². The van der Waals surface area contributed by atoms with E-state index >= 15 is 0 Å². The van der Waals surface area contributed by atoms with Crippen LogP contribution in [0.4, 0.5) is 4.39 Å². The second-order valence-corrected chi connectivity index (χ2v) is 7.17. The predicted octanol–water partition coefficient (Wildman–Crippen LogP) is 3.93. The van der Waals surface area contributed by atoms with Crippen LogP contribution in [0.3, 0.4) is 0 Å². The molecular formula is C17H26ClFN2. The molecule has 2 rings (SSSR count). The molecule has 1 fully saturated rings. The Morgan fingerprint density at radius 3 is 2.57 bits per heavy atom. The smallest absolute Gasteiger partial charge is 0.129 e. The number of nitrogens with one attached hydrogen (secondary N) is 1. The van der Waals surface area contributed by atoms with Gasteiger partial charge in [0.25, 0.3) is 0 Å². The van der Waals surface area contributed by atoms with Crippen molar-refractivity contribution < 1.29 is 4.39 Å². The van der Waals surface area contributed by atoms with Gasteiger partial charge in [-0.2, -0.15) is 0 Å². The molecule has 118 valence electrons. The van der Waals surface area contributed by atoms with E-state index < -0.39 is 0 Å². The first kappa shape index (κ1) is 16.7. The van der Waals surface area contributed by atoms with E-state index in [4.69, 9.17) is 11.6 Å². The second kappa shape index (κ2) is 7.08. The van der Waals surface area contributed by atoms with Crippen LogP contribution in [-0.2, 0) is 6.54 Å². The van der Waals surface area contributed by atoms with Crippen LogP contribution in [0, 0.1) is 17.7 Å². The summed E-state index contributed by atoms with van der Waals surface area (Å²) in [6, 6.07) is 5.89. The summed E-state index contributed by atoms with van der Waals surface area (Å²) in [5.41, 5.74) is 0.731. The van der Waals surface area contributed by atoms with Crippen molar-refractivity contribution in [2.75, 3.05) is 13.1 Å². The molecule has 2 unspecified atom stereocenters. The topological polar surface area (TPSA) is 15.3 Å². The molecule has 1 heterocycles. The average molecular weight is 313 g/mol. The van der Waals surface area contributed by atoms with Gasteiger partial charge in [-0.05, 0) is 24.0 Å². The average Bonchev–Trinajstić information content (AvgIpc) is 2.41. The maximum absolute atomic E-state index is 14.1. The molecule has 0 radical (unpaired) electrons. The predicted molar refractivity (Wildman–Crippen MR) is 87.1 cm³/mol. The highest BCUT2D eigenvalue weighted by Crippen LogP contribution is 2.23. The van der Waals surface area contributed by atoms with Crippen LogP contribution in [0.5, 0.6) is 0 Å². The summed E-state index contributed by atoms with van der Waals surface area (Å²) >= 11 is 5.84. The van der Waals surface area contributed by atoms with Crippen LogP contribution in [0.2, 0.25) is 5.02 Å². The van der Waals surface area contributed by atoms with Crippen molar-refractivity contribution in [3.8, 4) is 0 Å². The van der Waals surface area contributed by atoms with Crippen molar-refractivity contribution in [2.45, 2.75) is 46.3 Å². The third kappa shape index (κ3) is 4.18. The van der Waals surface area contributed by atoms with Crippen molar-refractivity contribution in [1.29, 1.82) is 0 Å². The molecule has 1 aromatic carbocycles. The van der Waals surface area contributed by atoms with E-state index in [1.807, 2.05) is 6.07 Å². The number of halogens is 2. The monoisotopic (exact) mass is 312 g/mol. The van der Waals surface area contributed by atoms with E-state index in [9.17, 15) is 4.39 Å². The van der Waals surface area contributed by atoms with Gasteiger partial charge in [-0.1, -0.05) is 45.4 Å². The minimum Gasteiger partial charge on any atom is -0.311 e. The molecule has 0 amide bonds. The number of piperazine rings is 1. The van der Waals surface area contributed by atoms with Crippen LogP contribution >= 0.6 is 11.6 Å². The highest BCUT2D eigenvalue weighted by molar-refractivity contribution is 6.30. The first-order valence-electron chi connectivity index (χ1n) is 7.79. The molecule has 0 aliphatic carbocycles. The fraction of sp³-hybridized carbons (Fsp3) is 0.647. The summed E-state index contributed by atoms with van der Waals surface area (Å²) in [6.07, 6.45) is 0. The molecule has 1 saturated heterocycles. The minimum absolute atomic E-state index is 0.204. The standard InChI is InChI=1S/C17H26ClFN2/c1-11(2)16-10-21(17(8-20-16)12(3)4)9-13-5-6-14(18)7-15(13)19/h5-7,11-12,16-17,20H,8-10H2,1-4H3. The number of benzene rings is 1. The molecule has 4 heteroatoms. The lowest BCUT2D eigenvalue weighted by Gasteiger charge is -2.43. The van der Waals surface area contributed by atoms with Gasteiger partial charge in [0.15, 0.2) is 0 Å². The minimum atomic E-state index is -0.204. The zero-order chi connectivity index (χ0) is 15.6. The Bertz CT molecular complexity index is 476. The summed E-state index contributed by atoms with van der Waals surface area (Å²) in [5, 5.41) is 4.09. The lowest BCUT2D eigenvalue weighted by molar-refractivity contribution is 0.0774. The Labute approximate surface area is 132 Å². The van der Waals surface area contributed by atoms with E-state index in [2.05, 4.69) is 37.9 Å². The fourth-order valence-electron chi connectivity index (χ4n) is 3.01. The Morgan fingerprint density at radius 2 is 2.00 bits per heavy atom. The highest BCUT2D eigenvalue weighted by atomic mass is 35.5. The van der Waals surface area contributed by atoms with Crippen molar-refractivity contribution in [2.24, 2.45) is 11.8 Å². The summed E-state index contributed by atoms with van der Waals surface area (Å²) in [4.78, 5) is 2.41. The molecule has 0 bridgehead atoms. The summed E-state index contributed by atoms with van der Waals surface area (Å²) in [5.74, 6) is 0.918. The maximum atomic E-state index is 14.1. The van der Waals surface area contributed by atoms with Crippen LogP contribution in [0.25, 0.3) is 0 Å². The van der Waals surface area contributed by atoms with Crippen LogP contribution in [-0.4, -0.2) is 30.1 Å². The highest BCUT2D eigenvalue weighted by Gasteiger charge is 2.31. The number of rotatable bonds is 4.